The fourth-order valence-corrected chi connectivity index (χ4v) is 3.08. The predicted octanol–water partition coefficient (Wildman–Crippen LogP) is 0.977. The van der Waals surface area contributed by atoms with Crippen molar-refractivity contribution < 1.29 is 4.79 Å². The van der Waals surface area contributed by atoms with E-state index in [0.29, 0.717) is 0 Å². The van der Waals surface area contributed by atoms with Gasteiger partial charge in [0, 0.05) is 32.7 Å². The van der Waals surface area contributed by atoms with Crippen LogP contribution in [0.1, 0.15) is 39.0 Å². The lowest BCUT2D eigenvalue weighted by Gasteiger charge is -2.31. The van der Waals surface area contributed by atoms with Gasteiger partial charge in [-0.2, -0.15) is 0 Å². The van der Waals surface area contributed by atoms with E-state index in [1.165, 1.54) is 32.1 Å². The van der Waals surface area contributed by atoms with Crippen molar-refractivity contribution in [2.75, 3.05) is 32.7 Å². The van der Waals surface area contributed by atoms with Gasteiger partial charge in [0.2, 0.25) is 5.91 Å². The minimum Gasteiger partial charge on any atom is -0.355 e. The average Bonchev–Trinajstić information content (AvgIpc) is 2.92. The maximum absolute atomic E-state index is 12.0. The highest BCUT2D eigenvalue weighted by atomic mass is 16.2. The molecule has 4 heteroatoms. The van der Waals surface area contributed by atoms with E-state index in [2.05, 4.69) is 15.5 Å². The van der Waals surface area contributed by atoms with Crippen molar-refractivity contribution in [3.8, 4) is 0 Å². The van der Waals surface area contributed by atoms with Gasteiger partial charge in [0.05, 0.1) is 6.04 Å². The minimum atomic E-state index is 0.0238. The Morgan fingerprint density at radius 3 is 2.67 bits per heavy atom. The lowest BCUT2D eigenvalue weighted by Crippen LogP contribution is -2.52. The number of carbonyl (C=O) groups excluding carboxylic acids is 1. The molecule has 0 spiro atoms. The standard InChI is InChI=1S/C14H27N3O/c1-12(17-10-8-15-9-11-17)14(18)16-7-6-13-4-2-3-5-13/h12-13,15H,2-11H2,1H3,(H,16,18). The van der Waals surface area contributed by atoms with Gasteiger partial charge in [0.25, 0.3) is 0 Å². The van der Waals surface area contributed by atoms with Crippen LogP contribution < -0.4 is 10.6 Å². The zero-order valence-electron chi connectivity index (χ0n) is 11.6. The number of nitrogens with zero attached hydrogens (tertiary/aromatic N) is 1. The largest absolute Gasteiger partial charge is 0.355 e. The van der Waals surface area contributed by atoms with Crippen LogP contribution in [-0.4, -0.2) is 49.6 Å². The third kappa shape index (κ3) is 3.95. The molecule has 0 radical (unpaired) electrons. The minimum absolute atomic E-state index is 0.0238. The second-order valence-electron chi connectivity index (χ2n) is 5.69. The van der Waals surface area contributed by atoms with Crippen LogP contribution in [0.25, 0.3) is 0 Å². The molecule has 1 amide bonds. The summed E-state index contributed by atoms with van der Waals surface area (Å²) in [5.74, 6) is 1.06. The highest BCUT2D eigenvalue weighted by Gasteiger charge is 2.22. The lowest BCUT2D eigenvalue weighted by molar-refractivity contribution is -0.126. The Morgan fingerprint density at radius 1 is 1.33 bits per heavy atom. The second kappa shape index (κ2) is 7.10. The summed E-state index contributed by atoms with van der Waals surface area (Å²) in [6.45, 7) is 6.85. The monoisotopic (exact) mass is 253 g/mol. The summed E-state index contributed by atoms with van der Waals surface area (Å²) >= 11 is 0. The van der Waals surface area contributed by atoms with Crippen molar-refractivity contribution in [2.24, 2.45) is 5.92 Å². The molecular formula is C14H27N3O. The highest BCUT2D eigenvalue weighted by Crippen LogP contribution is 2.26. The maximum atomic E-state index is 12.0. The zero-order valence-corrected chi connectivity index (χ0v) is 11.6. The van der Waals surface area contributed by atoms with Gasteiger partial charge in [-0.1, -0.05) is 25.7 Å². The van der Waals surface area contributed by atoms with Gasteiger partial charge in [-0.3, -0.25) is 9.69 Å². The van der Waals surface area contributed by atoms with Crippen LogP contribution in [-0.2, 0) is 4.79 Å². The number of amides is 1. The van der Waals surface area contributed by atoms with Crippen molar-refractivity contribution in [3.63, 3.8) is 0 Å². The van der Waals surface area contributed by atoms with E-state index >= 15 is 0 Å². The molecule has 1 aliphatic heterocycles. The molecule has 104 valence electrons. The summed E-state index contributed by atoms with van der Waals surface area (Å²) in [5.41, 5.74) is 0. The summed E-state index contributed by atoms with van der Waals surface area (Å²) in [5, 5.41) is 6.42. The van der Waals surface area contributed by atoms with E-state index in [0.717, 1.165) is 38.6 Å². The fraction of sp³-hybridized carbons (Fsp3) is 0.929. The first kappa shape index (κ1) is 13.8. The first-order valence-corrected chi connectivity index (χ1v) is 7.50. The zero-order chi connectivity index (χ0) is 12.8. The molecule has 2 N–H and O–H groups in total. The van der Waals surface area contributed by atoms with Crippen LogP contribution in [0.2, 0.25) is 0 Å². The molecule has 0 bridgehead atoms. The van der Waals surface area contributed by atoms with Crippen molar-refractivity contribution in [1.82, 2.24) is 15.5 Å². The van der Waals surface area contributed by atoms with E-state index in [1.54, 1.807) is 0 Å². The summed E-state index contributed by atoms with van der Waals surface area (Å²) in [4.78, 5) is 14.3. The van der Waals surface area contributed by atoms with Crippen LogP contribution >= 0.6 is 0 Å². The third-order valence-corrected chi connectivity index (χ3v) is 4.41. The molecule has 2 fully saturated rings. The number of hydrogen-bond donors (Lipinski definition) is 2. The van der Waals surface area contributed by atoms with Gasteiger partial charge in [-0.15, -0.1) is 0 Å². The Bertz CT molecular complexity index is 258. The Balaban J connectivity index is 1.63. The molecule has 0 aromatic rings. The molecule has 1 heterocycles. The molecule has 2 rings (SSSR count). The maximum Gasteiger partial charge on any atom is 0.237 e. The third-order valence-electron chi connectivity index (χ3n) is 4.41. The van der Waals surface area contributed by atoms with Crippen LogP contribution in [0, 0.1) is 5.92 Å². The van der Waals surface area contributed by atoms with E-state index in [1.807, 2.05) is 6.92 Å². The summed E-state index contributed by atoms with van der Waals surface area (Å²) in [7, 11) is 0. The molecular weight excluding hydrogens is 226 g/mol. The van der Waals surface area contributed by atoms with E-state index in [4.69, 9.17) is 0 Å². The molecule has 4 nitrogen and oxygen atoms in total. The van der Waals surface area contributed by atoms with Gasteiger partial charge in [0.1, 0.15) is 0 Å². The SMILES string of the molecule is CC(C(=O)NCCC1CCCC1)N1CCNCC1. The first-order valence-electron chi connectivity index (χ1n) is 7.50. The Morgan fingerprint density at radius 2 is 2.00 bits per heavy atom. The first-order chi connectivity index (χ1) is 8.77. The van der Waals surface area contributed by atoms with Crippen LogP contribution in [0.4, 0.5) is 0 Å². The van der Waals surface area contributed by atoms with Gasteiger partial charge < -0.3 is 10.6 Å². The highest BCUT2D eigenvalue weighted by molar-refractivity contribution is 5.81. The van der Waals surface area contributed by atoms with Crippen molar-refractivity contribution >= 4 is 5.91 Å². The van der Waals surface area contributed by atoms with E-state index in [-0.39, 0.29) is 11.9 Å². The Kier molecular flexibility index (Phi) is 5.45. The molecule has 1 saturated carbocycles. The number of hydrogen-bond acceptors (Lipinski definition) is 3. The molecule has 18 heavy (non-hydrogen) atoms. The van der Waals surface area contributed by atoms with Crippen LogP contribution in [0.15, 0.2) is 0 Å². The smallest absolute Gasteiger partial charge is 0.237 e. The van der Waals surface area contributed by atoms with Crippen molar-refractivity contribution in [2.45, 2.75) is 45.1 Å². The van der Waals surface area contributed by atoms with Crippen LogP contribution in [0.3, 0.4) is 0 Å². The number of carbonyl (C=O) groups is 1. The lowest BCUT2D eigenvalue weighted by atomic mass is 10.0. The molecule has 2 aliphatic rings. The summed E-state index contributed by atoms with van der Waals surface area (Å²) < 4.78 is 0. The molecule has 1 aliphatic carbocycles. The average molecular weight is 253 g/mol. The predicted molar refractivity (Wildman–Crippen MR) is 73.5 cm³/mol. The Labute approximate surface area is 110 Å². The topological polar surface area (TPSA) is 44.4 Å². The molecule has 1 atom stereocenters. The molecule has 0 aromatic heterocycles. The number of nitrogens with one attached hydrogen (secondary N) is 2. The molecule has 1 saturated heterocycles. The van der Waals surface area contributed by atoms with Crippen molar-refractivity contribution in [3.05, 3.63) is 0 Å². The fourth-order valence-electron chi connectivity index (χ4n) is 3.08. The van der Waals surface area contributed by atoms with Gasteiger partial charge >= 0.3 is 0 Å². The quantitative estimate of drug-likeness (QED) is 0.767. The summed E-state index contributed by atoms with van der Waals surface area (Å²) in [6, 6.07) is 0.0238. The Hall–Kier alpha value is -0.610. The number of rotatable bonds is 5. The van der Waals surface area contributed by atoms with Crippen LogP contribution in [0.5, 0.6) is 0 Å². The molecule has 0 aromatic carbocycles. The summed E-state index contributed by atoms with van der Waals surface area (Å²) in [6.07, 6.45) is 6.66. The van der Waals surface area contributed by atoms with Gasteiger partial charge in [-0.25, -0.2) is 0 Å². The van der Waals surface area contributed by atoms with E-state index in [9.17, 15) is 4.79 Å². The van der Waals surface area contributed by atoms with Gasteiger partial charge in [-0.05, 0) is 19.3 Å². The normalized spacial score (nSPS) is 24.1. The van der Waals surface area contributed by atoms with E-state index < -0.39 is 0 Å². The molecule has 1 unspecified atom stereocenters. The van der Waals surface area contributed by atoms with Crippen molar-refractivity contribution in [1.29, 1.82) is 0 Å². The van der Waals surface area contributed by atoms with Gasteiger partial charge in [0.15, 0.2) is 0 Å². The second-order valence-corrected chi connectivity index (χ2v) is 5.69. The number of piperazine rings is 1.